The topological polar surface area (TPSA) is 118 Å². The van der Waals surface area contributed by atoms with Crippen molar-refractivity contribution in [3.63, 3.8) is 0 Å². The van der Waals surface area contributed by atoms with E-state index < -0.39 is 23.5 Å². The quantitative estimate of drug-likeness (QED) is 0.720. The largest absolute Gasteiger partial charge is 0.481 e. The standard InChI is InChI=1S/C17H13N3O5S/c21-13-9-6-10(16(23)20-5-1-2-8(7-20)17(24)25)26-15(9)14(22)12-11(13)18-3-4-19-12/h3-4,6,8H,1-2,5,7H2,(H,24,25)/t8-/m1/s1. The van der Waals surface area contributed by atoms with Crippen molar-refractivity contribution in [2.45, 2.75) is 12.8 Å². The summed E-state index contributed by atoms with van der Waals surface area (Å²) in [6.45, 7) is 0.582. The van der Waals surface area contributed by atoms with Gasteiger partial charge in [-0.1, -0.05) is 0 Å². The highest BCUT2D eigenvalue weighted by atomic mass is 32.1. The molecule has 0 radical (unpaired) electrons. The summed E-state index contributed by atoms with van der Waals surface area (Å²) in [6, 6.07) is 1.41. The zero-order valence-corrected chi connectivity index (χ0v) is 14.3. The zero-order chi connectivity index (χ0) is 18.4. The Hall–Kier alpha value is -2.94. The van der Waals surface area contributed by atoms with Crippen molar-refractivity contribution in [1.29, 1.82) is 0 Å². The van der Waals surface area contributed by atoms with Crippen LogP contribution < -0.4 is 0 Å². The van der Waals surface area contributed by atoms with Crippen molar-refractivity contribution in [3.8, 4) is 0 Å². The maximum atomic E-state index is 12.8. The first kappa shape index (κ1) is 16.5. The van der Waals surface area contributed by atoms with Crippen LogP contribution in [0.25, 0.3) is 0 Å². The summed E-state index contributed by atoms with van der Waals surface area (Å²) < 4.78 is 0. The van der Waals surface area contributed by atoms with Crippen LogP contribution in [0.3, 0.4) is 0 Å². The Morgan fingerprint density at radius 2 is 1.85 bits per heavy atom. The van der Waals surface area contributed by atoms with Crippen LogP contribution in [0.1, 0.15) is 53.9 Å². The van der Waals surface area contributed by atoms with E-state index in [-0.39, 0.29) is 39.2 Å². The van der Waals surface area contributed by atoms with E-state index in [1.807, 2.05) is 0 Å². The van der Waals surface area contributed by atoms with Crippen molar-refractivity contribution in [1.82, 2.24) is 14.9 Å². The van der Waals surface area contributed by atoms with E-state index in [1.54, 1.807) is 0 Å². The molecule has 1 fully saturated rings. The maximum absolute atomic E-state index is 12.8. The molecule has 3 heterocycles. The van der Waals surface area contributed by atoms with E-state index in [1.165, 1.54) is 23.4 Å². The monoisotopic (exact) mass is 371 g/mol. The minimum absolute atomic E-state index is 0.00485. The molecule has 2 aliphatic rings. The molecular formula is C17H13N3O5S. The summed E-state index contributed by atoms with van der Waals surface area (Å²) in [5, 5.41) is 9.17. The number of amides is 1. The molecule has 26 heavy (non-hydrogen) atoms. The normalized spacial score (nSPS) is 19.1. The molecule has 1 aliphatic carbocycles. The second-order valence-electron chi connectivity index (χ2n) is 6.19. The molecule has 0 aromatic carbocycles. The zero-order valence-electron chi connectivity index (χ0n) is 13.5. The Balaban J connectivity index is 1.66. The Labute approximate surface area is 151 Å². The number of hydrogen-bond donors (Lipinski definition) is 1. The fraction of sp³-hybridized carbons (Fsp3) is 0.294. The number of thiophene rings is 1. The third kappa shape index (κ3) is 2.51. The first-order valence-electron chi connectivity index (χ1n) is 8.03. The Kier molecular flexibility index (Phi) is 3.87. The molecule has 0 bridgehead atoms. The van der Waals surface area contributed by atoms with Gasteiger partial charge in [0.2, 0.25) is 11.6 Å². The van der Waals surface area contributed by atoms with E-state index in [2.05, 4.69) is 9.97 Å². The molecule has 2 aromatic heterocycles. The third-order valence-corrected chi connectivity index (χ3v) is 5.70. The number of ketones is 2. The summed E-state index contributed by atoms with van der Waals surface area (Å²) in [5.41, 5.74) is 0.142. The smallest absolute Gasteiger partial charge is 0.308 e. The van der Waals surface area contributed by atoms with Gasteiger partial charge in [-0.05, 0) is 18.9 Å². The number of carbonyl (C=O) groups is 4. The number of carboxylic acids is 1. The van der Waals surface area contributed by atoms with E-state index in [0.29, 0.717) is 19.4 Å². The molecule has 0 unspecified atom stereocenters. The van der Waals surface area contributed by atoms with E-state index in [0.717, 1.165) is 11.3 Å². The first-order valence-corrected chi connectivity index (χ1v) is 8.85. The average Bonchev–Trinajstić information content (AvgIpc) is 3.11. The van der Waals surface area contributed by atoms with Gasteiger partial charge in [-0.15, -0.1) is 11.3 Å². The number of fused-ring (bicyclic) bond motifs is 2. The van der Waals surface area contributed by atoms with Crippen molar-refractivity contribution in [2.24, 2.45) is 5.92 Å². The van der Waals surface area contributed by atoms with Crippen molar-refractivity contribution in [2.75, 3.05) is 13.1 Å². The number of aliphatic carboxylic acids is 1. The summed E-state index contributed by atoms with van der Waals surface area (Å²) in [4.78, 5) is 58.8. The number of nitrogens with zero attached hydrogens (tertiary/aromatic N) is 3. The highest BCUT2D eigenvalue weighted by Crippen LogP contribution is 2.32. The fourth-order valence-corrected chi connectivity index (χ4v) is 4.32. The van der Waals surface area contributed by atoms with Crippen LogP contribution in [-0.2, 0) is 4.79 Å². The Morgan fingerprint density at radius 1 is 1.15 bits per heavy atom. The molecule has 0 spiro atoms. The lowest BCUT2D eigenvalue weighted by molar-refractivity contribution is -0.143. The molecule has 132 valence electrons. The molecule has 4 rings (SSSR count). The fourth-order valence-electron chi connectivity index (χ4n) is 3.26. The molecule has 0 saturated carbocycles. The van der Waals surface area contributed by atoms with Gasteiger partial charge in [-0.2, -0.15) is 0 Å². The predicted octanol–water partition coefficient (Wildman–Crippen LogP) is 1.25. The average molecular weight is 371 g/mol. The lowest BCUT2D eigenvalue weighted by atomic mass is 9.96. The van der Waals surface area contributed by atoms with E-state index in [9.17, 15) is 24.3 Å². The Bertz CT molecular complexity index is 915. The van der Waals surface area contributed by atoms with Gasteiger partial charge in [-0.3, -0.25) is 19.2 Å². The van der Waals surface area contributed by atoms with Gasteiger partial charge >= 0.3 is 5.97 Å². The van der Waals surface area contributed by atoms with Crippen LogP contribution in [0.2, 0.25) is 0 Å². The second-order valence-corrected chi connectivity index (χ2v) is 7.25. The highest BCUT2D eigenvalue weighted by Gasteiger charge is 2.36. The van der Waals surface area contributed by atoms with Gasteiger partial charge in [-0.25, -0.2) is 9.97 Å². The molecule has 1 N–H and O–H groups in total. The third-order valence-electron chi connectivity index (χ3n) is 4.58. The van der Waals surface area contributed by atoms with Crippen LogP contribution in [-0.4, -0.2) is 56.5 Å². The number of hydrogen-bond acceptors (Lipinski definition) is 7. The molecule has 2 aromatic rings. The lowest BCUT2D eigenvalue weighted by Crippen LogP contribution is -2.42. The van der Waals surface area contributed by atoms with Gasteiger partial charge in [0, 0.05) is 31.0 Å². The van der Waals surface area contributed by atoms with Gasteiger partial charge in [0.25, 0.3) is 5.91 Å². The first-order chi connectivity index (χ1) is 12.5. The molecule has 1 amide bonds. The van der Waals surface area contributed by atoms with Gasteiger partial charge in [0.05, 0.1) is 15.7 Å². The molecule has 1 aliphatic heterocycles. The van der Waals surface area contributed by atoms with E-state index >= 15 is 0 Å². The summed E-state index contributed by atoms with van der Waals surface area (Å²) >= 11 is 0.945. The molecule has 8 nitrogen and oxygen atoms in total. The minimum atomic E-state index is -0.925. The summed E-state index contributed by atoms with van der Waals surface area (Å²) in [5.74, 6) is -2.73. The Morgan fingerprint density at radius 3 is 2.54 bits per heavy atom. The van der Waals surface area contributed by atoms with Crippen LogP contribution in [0, 0.1) is 5.92 Å². The van der Waals surface area contributed by atoms with Crippen LogP contribution in [0.15, 0.2) is 18.5 Å². The number of rotatable bonds is 2. The maximum Gasteiger partial charge on any atom is 0.308 e. The number of likely N-dealkylation sites (tertiary alicyclic amines) is 1. The second kappa shape index (κ2) is 6.10. The number of piperidine rings is 1. The molecule has 9 heteroatoms. The van der Waals surface area contributed by atoms with Gasteiger partial charge < -0.3 is 10.0 Å². The predicted molar refractivity (Wildman–Crippen MR) is 89.5 cm³/mol. The molecule has 1 atom stereocenters. The van der Waals surface area contributed by atoms with Crippen molar-refractivity contribution >= 4 is 34.8 Å². The van der Waals surface area contributed by atoms with Crippen LogP contribution in [0.4, 0.5) is 0 Å². The minimum Gasteiger partial charge on any atom is -0.481 e. The van der Waals surface area contributed by atoms with E-state index in [4.69, 9.17) is 0 Å². The number of aromatic nitrogens is 2. The SMILES string of the molecule is O=C1c2cc(C(=O)N3CCC[C@@H](C(=O)O)C3)sc2C(=O)c2nccnc21. The van der Waals surface area contributed by atoms with Gasteiger partial charge in [0.15, 0.2) is 0 Å². The van der Waals surface area contributed by atoms with Crippen LogP contribution >= 0.6 is 11.3 Å². The highest BCUT2D eigenvalue weighted by molar-refractivity contribution is 7.16. The molecular weight excluding hydrogens is 358 g/mol. The molecule has 1 saturated heterocycles. The van der Waals surface area contributed by atoms with Crippen molar-refractivity contribution in [3.05, 3.63) is 45.2 Å². The number of carbonyl (C=O) groups excluding carboxylic acids is 3. The number of carboxylic acid groups (broad SMARTS) is 1. The van der Waals surface area contributed by atoms with Crippen molar-refractivity contribution < 1.29 is 24.3 Å². The summed E-state index contributed by atoms with van der Waals surface area (Å²) in [6.07, 6.45) is 3.82. The summed E-state index contributed by atoms with van der Waals surface area (Å²) in [7, 11) is 0. The van der Waals surface area contributed by atoms with Gasteiger partial charge in [0.1, 0.15) is 11.4 Å². The van der Waals surface area contributed by atoms with Crippen LogP contribution in [0.5, 0.6) is 0 Å². The lowest BCUT2D eigenvalue weighted by Gasteiger charge is -2.30.